The van der Waals surface area contributed by atoms with Crippen LogP contribution in [0.1, 0.15) is 42.0 Å². The van der Waals surface area contributed by atoms with Crippen LogP contribution >= 0.6 is 11.6 Å². The molecule has 178 valence electrons. The molecule has 1 aliphatic rings. The number of carbonyl (C=O) groups excluding carboxylic acids is 2. The highest BCUT2D eigenvalue weighted by molar-refractivity contribution is 6.31. The lowest BCUT2D eigenvalue weighted by molar-refractivity contribution is -0.274. The van der Waals surface area contributed by atoms with Crippen LogP contribution < -0.4 is 15.4 Å². The number of anilines is 1. The summed E-state index contributed by atoms with van der Waals surface area (Å²) < 4.78 is 42.8. The van der Waals surface area contributed by atoms with E-state index in [1.54, 1.807) is 19.1 Å². The third kappa shape index (κ3) is 5.81. The van der Waals surface area contributed by atoms with Crippen LogP contribution in [0.15, 0.2) is 42.9 Å². The summed E-state index contributed by atoms with van der Waals surface area (Å²) in [5.41, 5.74) is 0.406. The Labute approximate surface area is 196 Å². The molecular formula is C21H18ClF3N6O3. The van der Waals surface area contributed by atoms with Gasteiger partial charge in [-0.2, -0.15) is 9.78 Å². The van der Waals surface area contributed by atoms with Crippen LogP contribution in [0.4, 0.5) is 18.9 Å². The number of alkyl halides is 3. The van der Waals surface area contributed by atoms with E-state index in [9.17, 15) is 22.8 Å². The maximum absolute atomic E-state index is 12.7. The highest BCUT2D eigenvalue weighted by Gasteiger charge is 2.32. The summed E-state index contributed by atoms with van der Waals surface area (Å²) in [6.07, 6.45) is -0.429. The zero-order valence-corrected chi connectivity index (χ0v) is 18.4. The Morgan fingerprint density at radius 3 is 2.68 bits per heavy atom. The number of hydrogen-bond acceptors (Lipinski definition) is 6. The molecule has 2 aromatic heterocycles. The number of amides is 2. The van der Waals surface area contributed by atoms with E-state index < -0.39 is 24.1 Å². The normalized spacial score (nSPS) is 14.4. The molecule has 1 aliphatic carbocycles. The van der Waals surface area contributed by atoms with Crippen molar-refractivity contribution in [2.45, 2.75) is 32.2 Å². The molecule has 1 atom stereocenters. The van der Waals surface area contributed by atoms with Crippen LogP contribution in [0.3, 0.4) is 0 Å². The lowest BCUT2D eigenvalue weighted by Gasteiger charge is -2.16. The van der Waals surface area contributed by atoms with Crippen LogP contribution in [0.2, 0.25) is 5.02 Å². The number of nitrogens with one attached hydrogen (secondary N) is 2. The van der Waals surface area contributed by atoms with Crippen molar-refractivity contribution >= 4 is 29.1 Å². The van der Waals surface area contributed by atoms with Crippen molar-refractivity contribution in [3.05, 3.63) is 59.3 Å². The summed E-state index contributed by atoms with van der Waals surface area (Å²) in [4.78, 5) is 33.1. The van der Waals surface area contributed by atoms with E-state index in [1.807, 2.05) is 0 Å². The second-order valence-corrected chi connectivity index (χ2v) is 8.05. The fourth-order valence-corrected chi connectivity index (χ4v) is 3.38. The zero-order chi connectivity index (χ0) is 24.5. The van der Waals surface area contributed by atoms with Crippen LogP contribution in [0, 0.1) is 5.92 Å². The number of pyridine rings is 1. The Morgan fingerprint density at radius 1 is 1.21 bits per heavy atom. The van der Waals surface area contributed by atoms with Gasteiger partial charge in [-0.05, 0) is 44.0 Å². The van der Waals surface area contributed by atoms with E-state index >= 15 is 0 Å². The van der Waals surface area contributed by atoms with E-state index in [0.717, 1.165) is 25.0 Å². The molecule has 0 aliphatic heterocycles. The molecule has 2 amide bonds. The van der Waals surface area contributed by atoms with Crippen molar-refractivity contribution in [2.24, 2.45) is 5.92 Å². The lowest BCUT2D eigenvalue weighted by Crippen LogP contribution is -2.29. The molecule has 2 heterocycles. The number of rotatable bonds is 7. The van der Waals surface area contributed by atoms with Gasteiger partial charge in [0.1, 0.15) is 12.1 Å². The van der Waals surface area contributed by atoms with Crippen LogP contribution in [-0.4, -0.2) is 37.9 Å². The monoisotopic (exact) mass is 494 g/mol. The van der Waals surface area contributed by atoms with Gasteiger partial charge in [-0.25, -0.2) is 9.97 Å². The van der Waals surface area contributed by atoms with Gasteiger partial charge in [-0.1, -0.05) is 11.6 Å². The van der Waals surface area contributed by atoms with Crippen molar-refractivity contribution < 1.29 is 27.5 Å². The number of ether oxygens (including phenoxy) is 1. The molecule has 0 spiro atoms. The molecule has 0 radical (unpaired) electrons. The Bertz CT molecular complexity index is 1230. The standard InChI is InChI=1S/C21H18ClF3N6O3/c1-11(29-20(33)13-6-14(22)8-16(7-13)34-21(23,24)25)18-27-10-28-31(18)17-9-15(4-5-26-17)30-19(32)12-2-3-12/h4-12H,2-3H2,1H3,(H,29,33)(H,26,30,32)/t11-/m0/s1. The largest absolute Gasteiger partial charge is 0.573 e. The first-order valence-corrected chi connectivity index (χ1v) is 10.5. The zero-order valence-electron chi connectivity index (χ0n) is 17.6. The van der Waals surface area contributed by atoms with Crippen molar-refractivity contribution in [1.82, 2.24) is 25.1 Å². The molecule has 2 N–H and O–H groups in total. The summed E-state index contributed by atoms with van der Waals surface area (Å²) in [5, 5.41) is 9.50. The minimum absolute atomic E-state index is 0.0299. The molecule has 0 bridgehead atoms. The number of hydrogen-bond donors (Lipinski definition) is 2. The van der Waals surface area contributed by atoms with Gasteiger partial charge in [0.15, 0.2) is 11.6 Å². The van der Waals surface area contributed by atoms with E-state index in [1.165, 1.54) is 23.3 Å². The van der Waals surface area contributed by atoms with Gasteiger partial charge in [0.2, 0.25) is 5.91 Å². The molecule has 0 unspecified atom stereocenters. The number of nitrogens with zero attached hydrogens (tertiary/aromatic N) is 4. The van der Waals surface area contributed by atoms with Crippen molar-refractivity contribution in [1.29, 1.82) is 0 Å². The summed E-state index contributed by atoms with van der Waals surface area (Å²) in [5.74, 6) is -0.689. The quantitative estimate of drug-likeness (QED) is 0.512. The number of aromatic nitrogens is 4. The molecule has 4 rings (SSSR count). The first-order chi connectivity index (χ1) is 16.1. The lowest BCUT2D eigenvalue weighted by atomic mass is 10.2. The van der Waals surface area contributed by atoms with Gasteiger partial charge in [-0.15, -0.1) is 13.2 Å². The summed E-state index contributed by atoms with van der Waals surface area (Å²) >= 11 is 5.85. The second-order valence-electron chi connectivity index (χ2n) is 7.61. The van der Waals surface area contributed by atoms with E-state index in [0.29, 0.717) is 17.3 Å². The van der Waals surface area contributed by atoms with Crippen molar-refractivity contribution in [3.63, 3.8) is 0 Å². The summed E-state index contributed by atoms with van der Waals surface area (Å²) in [7, 11) is 0. The Kier molecular flexibility index (Phi) is 6.42. The highest BCUT2D eigenvalue weighted by atomic mass is 35.5. The minimum Gasteiger partial charge on any atom is -0.406 e. The third-order valence-electron chi connectivity index (χ3n) is 4.85. The Balaban J connectivity index is 1.50. The van der Waals surface area contributed by atoms with Crippen LogP contribution in [0.25, 0.3) is 5.82 Å². The maximum Gasteiger partial charge on any atom is 0.573 e. The first kappa shape index (κ1) is 23.5. The Morgan fingerprint density at radius 2 is 1.97 bits per heavy atom. The molecule has 1 aromatic carbocycles. The predicted molar refractivity (Wildman–Crippen MR) is 115 cm³/mol. The average Bonchev–Trinajstić information content (AvgIpc) is 3.48. The highest BCUT2D eigenvalue weighted by Crippen LogP contribution is 2.30. The summed E-state index contributed by atoms with van der Waals surface area (Å²) in [6.45, 7) is 1.62. The number of halogens is 4. The molecule has 1 fully saturated rings. The van der Waals surface area contributed by atoms with Crippen LogP contribution in [-0.2, 0) is 4.79 Å². The molecule has 34 heavy (non-hydrogen) atoms. The van der Waals surface area contributed by atoms with E-state index in [-0.39, 0.29) is 22.4 Å². The Hall–Kier alpha value is -3.67. The topological polar surface area (TPSA) is 111 Å². The second kappa shape index (κ2) is 9.29. The predicted octanol–water partition coefficient (Wildman–Crippen LogP) is 4.05. The molecule has 3 aromatic rings. The average molecular weight is 495 g/mol. The fraction of sp³-hybridized carbons (Fsp3) is 0.286. The molecule has 1 saturated carbocycles. The molecule has 9 nitrogen and oxygen atoms in total. The summed E-state index contributed by atoms with van der Waals surface area (Å²) in [6, 6.07) is 5.64. The molecular weight excluding hydrogens is 477 g/mol. The SMILES string of the molecule is C[C@H](NC(=O)c1cc(Cl)cc(OC(F)(F)F)c1)c1ncnn1-c1cc(NC(=O)C2CC2)ccn1. The van der Waals surface area contributed by atoms with Gasteiger partial charge >= 0.3 is 6.36 Å². The maximum atomic E-state index is 12.7. The van der Waals surface area contributed by atoms with E-state index in [2.05, 4.69) is 30.4 Å². The molecule has 13 heteroatoms. The van der Waals surface area contributed by atoms with Crippen molar-refractivity contribution in [2.75, 3.05) is 5.32 Å². The van der Waals surface area contributed by atoms with Crippen molar-refractivity contribution in [3.8, 4) is 11.6 Å². The van der Waals surface area contributed by atoms with E-state index in [4.69, 9.17) is 11.6 Å². The smallest absolute Gasteiger partial charge is 0.406 e. The fourth-order valence-electron chi connectivity index (χ4n) is 3.15. The third-order valence-corrected chi connectivity index (χ3v) is 5.07. The van der Waals surface area contributed by atoms with Gasteiger partial charge < -0.3 is 15.4 Å². The molecule has 0 saturated heterocycles. The van der Waals surface area contributed by atoms with Crippen LogP contribution in [0.5, 0.6) is 5.75 Å². The minimum atomic E-state index is -4.93. The first-order valence-electron chi connectivity index (χ1n) is 10.1. The number of benzene rings is 1. The number of carbonyl (C=O) groups is 2. The van der Waals surface area contributed by atoms with Gasteiger partial charge in [0.05, 0.1) is 6.04 Å². The van der Waals surface area contributed by atoms with Gasteiger partial charge in [0.25, 0.3) is 5.91 Å². The van der Waals surface area contributed by atoms with Gasteiger partial charge in [-0.3, -0.25) is 9.59 Å². The van der Waals surface area contributed by atoms with Gasteiger partial charge in [0, 0.05) is 34.5 Å².